The lowest BCUT2D eigenvalue weighted by atomic mass is 10.0. The molecule has 6 nitrogen and oxygen atoms in total. The Kier molecular flexibility index (Phi) is 7.28. The van der Waals surface area contributed by atoms with Crippen molar-refractivity contribution >= 4 is 5.82 Å². The highest BCUT2D eigenvalue weighted by molar-refractivity contribution is 5.80. The Morgan fingerprint density at radius 1 is 1.06 bits per heavy atom. The lowest BCUT2D eigenvalue weighted by Crippen LogP contribution is -2.13. The number of anilines is 1. The lowest BCUT2D eigenvalue weighted by molar-refractivity contribution is 0.0925. The number of nitrogens with zero attached hydrogens (tertiary/aromatic N) is 3. The van der Waals surface area contributed by atoms with Crippen LogP contribution in [0.2, 0.25) is 0 Å². The van der Waals surface area contributed by atoms with Gasteiger partial charge in [-0.05, 0) is 66.9 Å². The third kappa shape index (κ3) is 5.11. The standard InChI is InChI=1S/C29H31FN4O2/c1-3-15-31-26-17-22(14-16-32-26)29-28(21-6-8-23(30)9-7-21)33-27-13-10-24(34(27)29)19-36-18-20-4-11-25(35-2)12-5-20/h4-9,11-12,14,16-17,24H,3,10,13,15,18-19H2,1-2H3,(H,31,32)/t24-/m0/s1. The minimum Gasteiger partial charge on any atom is -0.497 e. The zero-order valence-corrected chi connectivity index (χ0v) is 20.7. The maximum atomic E-state index is 13.7. The summed E-state index contributed by atoms with van der Waals surface area (Å²) >= 11 is 0. The summed E-state index contributed by atoms with van der Waals surface area (Å²) < 4.78 is 27.4. The third-order valence-corrected chi connectivity index (χ3v) is 6.50. The molecule has 2 aromatic heterocycles. The van der Waals surface area contributed by atoms with E-state index in [-0.39, 0.29) is 11.9 Å². The van der Waals surface area contributed by atoms with E-state index in [1.807, 2.05) is 36.5 Å². The van der Waals surface area contributed by atoms with Crippen LogP contribution in [0, 0.1) is 5.82 Å². The van der Waals surface area contributed by atoms with Gasteiger partial charge >= 0.3 is 0 Å². The Balaban J connectivity index is 1.45. The average Bonchev–Trinajstić information content (AvgIpc) is 3.48. The molecule has 4 aromatic rings. The molecule has 0 unspecified atom stereocenters. The molecule has 0 fully saturated rings. The molecule has 0 bridgehead atoms. The number of fused-ring (bicyclic) bond motifs is 1. The van der Waals surface area contributed by atoms with Crippen molar-refractivity contribution in [1.82, 2.24) is 14.5 Å². The maximum Gasteiger partial charge on any atom is 0.126 e. The highest BCUT2D eigenvalue weighted by Gasteiger charge is 2.30. The summed E-state index contributed by atoms with van der Waals surface area (Å²) in [7, 11) is 1.66. The van der Waals surface area contributed by atoms with Crippen LogP contribution in [0.25, 0.3) is 22.5 Å². The molecule has 0 radical (unpaired) electrons. The highest BCUT2D eigenvalue weighted by atomic mass is 19.1. The molecule has 36 heavy (non-hydrogen) atoms. The van der Waals surface area contributed by atoms with Crippen molar-refractivity contribution in [2.45, 2.75) is 38.8 Å². The highest BCUT2D eigenvalue weighted by Crippen LogP contribution is 2.40. The number of aryl methyl sites for hydroxylation is 1. The molecule has 2 aromatic carbocycles. The summed E-state index contributed by atoms with van der Waals surface area (Å²) in [6.45, 7) is 4.10. The molecule has 0 saturated carbocycles. The van der Waals surface area contributed by atoms with Crippen LogP contribution in [0.15, 0.2) is 66.9 Å². The predicted octanol–water partition coefficient (Wildman–Crippen LogP) is 6.29. The van der Waals surface area contributed by atoms with E-state index < -0.39 is 0 Å². The summed E-state index contributed by atoms with van der Waals surface area (Å²) in [4.78, 5) is 9.51. The molecular formula is C29H31FN4O2. The molecule has 1 atom stereocenters. The van der Waals surface area contributed by atoms with Crippen LogP contribution in [0.3, 0.4) is 0 Å². The van der Waals surface area contributed by atoms with Crippen molar-refractivity contribution in [3.63, 3.8) is 0 Å². The second kappa shape index (κ2) is 10.9. The van der Waals surface area contributed by atoms with Gasteiger partial charge in [0.05, 0.1) is 37.8 Å². The molecule has 5 rings (SSSR count). The smallest absolute Gasteiger partial charge is 0.126 e. The second-order valence-electron chi connectivity index (χ2n) is 9.01. The van der Waals surface area contributed by atoms with E-state index in [0.29, 0.717) is 13.2 Å². The number of methoxy groups -OCH3 is 1. The molecule has 186 valence electrons. The zero-order valence-electron chi connectivity index (χ0n) is 20.7. The van der Waals surface area contributed by atoms with Crippen molar-refractivity contribution < 1.29 is 13.9 Å². The molecule has 1 aliphatic heterocycles. The van der Waals surface area contributed by atoms with Gasteiger partial charge in [0, 0.05) is 30.3 Å². The van der Waals surface area contributed by atoms with Gasteiger partial charge in [0.15, 0.2) is 0 Å². The molecular weight excluding hydrogens is 455 g/mol. The third-order valence-electron chi connectivity index (χ3n) is 6.50. The average molecular weight is 487 g/mol. The minimum atomic E-state index is -0.258. The molecule has 7 heteroatoms. The van der Waals surface area contributed by atoms with Gasteiger partial charge in [-0.2, -0.15) is 0 Å². The first-order valence-corrected chi connectivity index (χ1v) is 12.4. The molecule has 0 spiro atoms. The van der Waals surface area contributed by atoms with E-state index in [1.165, 1.54) is 12.1 Å². The lowest BCUT2D eigenvalue weighted by Gasteiger charge is -2.18. The van der Waals surface area contributed by atoms with Crippen LogP contribution in [0.4, 0.5) is 10.2 Å². The summed E-state index contributed by atoms with van der Waals surface area (Å²) in [5, 5.41) is 3.38. The Hall–Kier alpha value is -3.71. The first-order valence-electron chi connectivity index (χ1n) is 12.4. The zero-order chi connectivity index (χ0) is 24.9. The number of hydrogen-bond acceptors (Lipinski definition) is 5. The quantitative estimate of drug-likeness (QED) is 0.286. The number of halogens is 1. The first-order chi connectivity index (χ1) is 17.7. The molecule has 1 aliphatic rings. The SMILES string of the molecule is CCCNc1cc(-c2c(-c3ccc(F)cc3)nc3n2[C@H](COCc2ccc(OC)cc2)CC3)ccn1. The predicted molar refractivity (Wildman–Crippen MR) is 140 cm³/mol. The fourth-order valence-corrected chi connectivity index (χ4v) is 4.68. The largest absolute Gasteiger partial charge is 0.497 e. The minimum absolute atomic E-state index is 0.162. The second-order valence-corrected chi connectivity index (χ2v) is 9.01. The Morgan fingerprint density at radius 2 is 1.86 bits per heavy atom. The molecule has 3 heterocycles. The van der Waals surface area contributed by atoms with Crippen molar-refractivity contribution in [3.05, 3.63) is 84.1 Å². The number of nitrogens with one attached hydrogen (secondary N) is 1. The molecule has 0 aliphatic carbocycles. The van der Waals surface area contributed by atoms with E-state index in [4.69, 9.17) is 14.5 Å². The van der Waals surface area contributed by atoms with Crippen LogP contribution in [-0.2, 0) is 17.8 Å². The number of benzene rings is 2. The van der Waals surface area contributed by atoms with Gasteiger partial charge in [-0.15, -0.1) is 0 Å². The topological polar surface area (TPSA) is 61.2 Å². The van der Waals surface area contributed by atoms with Crippen molar-refractivity contribution in [2.75, 3.05) is 25.6 Å². The number of aromatic nitrogens is 3. The monoisotopic (exact) mass is 486 g/mol. The maximum absolute atomic E-state index is 13.7. The van der Waals surface area contributed by atoms with Crippen LogP contribution < -0.4 is 10.1 Å². The summed E-state index contributed by atoms with van der Waals surface area (Å²) in [5.41, 5.74) is 4.91. The Morgan fingerprint density at radius 3 is 2.61 bits per heavy atom. The van der Waals surface area contributed by atoms with Crippen LogP contribution in [-0.4, -0.2) is 34.8 Å². The van der Waals surface area contributed by atoms with Gasteiger partial charge in [-0.1, -0.05) is 19.1 Å². The number of pyridine rings is 1. The first kappa shape index (κ1) is 24.0. The van der Waals surface area contributed by atoms with Gasteiger partial charge in [0.1, 0.15) is 23.2 Å². The van der Waals surface area contributed by atoms with E-state index in [0.717, 1.165) is 71.3 Å². The van der Waals surface area contributed by atoms with Gasteiger partial charge in [-0.25, -0.2) is 14.4 Å². The fraction of sp³-hybridized carbons (Fsp3) is 0.310. The van der Waals surface area contributed by atoms with Crippen LogP contribution in [0.5, 0.6) is 5.75 Å². The fourth-order valence-electron chi connectivity index (χ4n) is 4.68. The normalized spacial score (nSPS) is 14.6. The summed E-state index contributed by atoms with van der Waals surface area (Å²) in [6.07, 6.45) is 4.68. The van der Waals surface area contributed by atoms with E-state index in [2.05, 4.69) is 27.9 Å². The Bertz CT molecular complexity index is 1300. The van der Waals surface area contributed by atoms with Crippen molar-refractivity contribution in [2.24, 2.45) is 0 Å². The van der Waals surface area contributed by atoms with Crippen molar-refractivity contribution in [3.8, 4) is 28.3 Å². The number of imidazole rings is 1. The Labute approximate surface area is 211 Å². The summed E-state index contributed by atoms with van der Waals surface area (Å²) in [5.74, 6) is 2.44. The van der Waals surface area contributed by atoms with Crippen molar-refractivity contribution in [1.29, 1.82) is 0 Å². The van der Waals surface area contributed by atoms with Gasteiger partial charge in [0.2, 0.25) is 0 Å². The van der Waals surface area contributed by atoms with Crippen LogP contribution >= 0.6 is 0 Å². The molecule has 1 N–H and O–H groups in total. The number of hydrogen-bond donors (Lipinski definition) is 1. The van der Waals surface area contributed by atoms with E-state index in [9.17, 15) is 4.39 Å². The molecule has 0 saturated heterocycles. The molecule has 0 amide bonds. The van der Waals surface area contributed by atoms with Gasteiger partial charge in [-0.3, -0.25) is 0 Å². The number of rotatable bonds is 10. The van der Waals surface area contributed by atoms with Gasteiger partial charge in [0.25, 0.3) is 0 Å². The van der Waals surface area contributed by atoms with E-state index in [1.54, 1.807) is 19.2 Å². The van der Waals surface area contributed by atoms with Crippen LogP contribution in [0.1, 0.15) is 37.2 Å². The summed E-state index contributed by atoms with van der Waals surface area (Å²) in [6, 6.07) is 18.8. The number of ether oxygens (including phenoxy) is 2. The van der Waals surface area contributed by atoms with E-state index >= 15 is 0 Å². The van der Waals surface area contributed by atoms with Gasteiger partial charge < -0.3 is 19.4 Å².